The van der Waals surface area contributed by atoms with Crippen molar-refractivity contribution in [2.24, 2.45) is 0 Å². The first-order valence-corrected chi connectivity index (χ1v) is 10.9. The minimum Gasteiger partial charge on any atom is -0.396 e. The van der Waals surface area contributed by atoms with Gasteiger partial charge in [0.25, 0.3) is 0 Å². The minimum absolute atomic E-state index is 0.0267. The highest BCUT2D eigenvalue weighted by Crippen LogP contribution is 2.31. The fourth-order valence-corrected chi connectivity index (χ4v) is 3.84. The Kier molecular flexibility index (Phi) is 9.09. The Morgan fingerprint density at radius 3 is 2.47 bits per heavy atom. The van der Waals surface area contributed by atoms with E-state index in [-0.39, 0.29) is 31.2 Å². The predicted octanol–water partition coefficient (Wildman–Crippen LogP) is 5.75. The fourth-order valence-electron chi connectivity index (χ4n) is 3.84. The van der Waals surface area contributed by atoms with Crippen LogP contribution < -0.4 is 0 Å². The third kappa shape index (κ3) is 7.06. The van der Waals surface area contributed by atoms with Crippen LogP contribution >= 0.6 is 0 Å². The van der Waals surface area contributed by atoms with Crippen molar-refractivity contribution in [3.8, 4) is 0 Å². The van der Waals surface area contributed by atoms with Crippen LogP contribution in [0.3, 0.4) is 0 Å². The second-order valence-electron chi connectivity index (χ2n) is 8.07. The lowest BCUT2D eigenvalue weighted by atomic mass is 10.0. The van der Waals surface area contributed by atoms with Crippen LogP contribution in [0.4, 0.5) is 0 Å². The van der Waals surface area contributed by atoms with E-state index in [1.165, 1.54) is 0 Å². The molecule has 1 aliphatic rings. The molecule has 1 N–H and O–H groups in total. The summed E-state index contributed by atoms with van der Waals surface area (Å²) in [4.78, 5) is 0. The summed E-state index contributed by atoms with van der Waals surface area (Å²) in [6.07, 6.45) is 3.74. The van der Waals surface area contributed by atoms with Crippen molar-refractivity contribution in [1.82, 2.24) is 0 Å². The molecule has 0 radical (unpaired) electrons. The van der Waals surface area contributed by atoms with Gasteiger partial charge in [0.1, 0.15) is 0 Å². The van der Waals surface area contributed by atoms with Gasteiger partial charge in [0.2, 0.25) is 0 Å². The van der Waals surface area contributed by atoms with Crippen LogP contribution in [-0.2, 0) is 14.2 Å². The average Bonchev–Trinajstić information content (AvgIpc) is 2.78. The fraction of sp³-hybridized carbons (Fsp3) is 0.462. The van der Waals surface area contributed by atoms with E-state index in [4.69, 9.17) is 14.2 Å². The van der Waals surface area contributed by atoms with Crippen LogP contribution in [0.15, 0.2) is 72.8 Å². The van der Waals surface area contributed by atoms with Crippen molar-refractivity contribution < 1.29 is 19.3 Å². The van der Waals surface area contributed by atoms with Crippen molar-refractivity contribution in [1.29, 1.82) is 0 Å². The molecular formula is C26H34O4. The van der Waals surface area contributed by atoms with Crippen molar-refractivity contribution in [2.45, 2.75) is 63.6 Å². The Bertz CT molecular complexity index is 746. The van der Waals surface area contributed by atoms with Gasteiger partial charge in [-0.05, 0) is 44.6 Å². The van der Waals surface area contributed by atoms with Gasteiger partial charge in [-0.25, -0.2) is 0 Å². The van der Waals surface area contributed by atoms with E-state index in [0.29, 0.717) is 13.0 Å². The first-order chi connectivity index (χ1) is 14.7. The zero-order valence-electron chi connectivity index (χ0n) is 17.9. The van der Waals surface area contributed by atoms with Gasteiger partial charge in [0, 0.05) is 12.2 Å². The molecular weight excluding hydrogens is 376 g/mol. The molecule has 0 amide bonds. The second kappa shape index (κ2) is 12.0. The second-order valence-corrected chi connectivity index (χ2v) is 8.07. The van der Waals surface area contributed by atoms with Crippen LogP contribution in [0.5, 0.6) is 0 Å². The number of ether oxygens (including phenoxy) is 3. The molecule has 0 aliphatic carbocycles. The Labute approximate surface area is 180 Å². The Morgan fingerprint density at radius 2 is 1.80 bits per heavy atom. The summed E-state index contributed by atoms with van der Waals surface area (Å²) in [7, 11) is 0. The summed E-state index contributed by atoms with van der Waals surface area (Å²) in [6, 6.07) is 20.3. The molecule has 2 aromatic rings. The zero-order valence-corrected chi connectivity index (χ0v) is 17.9. The van der Waals surface area contributed by atoms with Gasteiger partial charge >= 0.3 is 0 Å². The summed E-state index contributed by atoms with van der Waals surface area (Å²) in [6.45, 7) is 6.90. The predicted molar refractivity (Wildman–Crippen MR) is 119 cm³/mol. The number of aliphatic hydroxyl groups excluding tert-OH is 1. The number of hydrogen-bond donors (Lipinski definition) is 1. The van der Waals surface area contributed by atoms with Crippen LogP contribution in [0, 0.1) is 0 Å². The Morgan fingerprint density at radius 1 is 1.10 bits per heavy atom. The Hall–Kier alpha value is -1.98. The van der Waals surface area contributed by atoms with Gasteiger partial charge in [-0.15, -0.1) is 6.58 Å². The maximum absolute atomic E-state index is 9.58. The molecule has 2 aromatic carbocycles. The molecule has 0 aromatic heterocycles. The molecule has 4 atom stereocenters. The van der Waals surface area contributed by atoms with E-state index in [9.17, 15) is 5.11 Å². The molecule has 1 heterocycles. The molecule has 1 saturated heterocycles. The highest BCUT2D eigenvalue weighted by Gasteiger charge is 2.26. The molecule has 1 fully saturated rings. The van der Waals surface area contributed by atoms with Crippen molar-refractivity contribution in [3.05, 3.63) is 83.9 Å². The summed E-state index contributed by atoms with van der Waals surface area (Å²) in [5.41, 5.74) is 3.29. The molecule has 4 heteroatoms. The van der Waals surface area contributed by atoms with Crippen molar-refractivity contribution in [2.75, 3.05) is 13.2 Å². The van der Waals surface area contributed by atoms with Gasteiger partial charge < -0.3 is 19.3 Å². The highest BCUT2D eigenvalue weighted by atomic mass is 16.7. The van der Waals surface area contributed by atoms with Crippen LogP contribution in [0.2, 0.25) is 0 Å². The smallest absolute Gasteiger partial charge is 0.184 e. The lowest BCUT2D eigenvalue weighted by Crippen LogP contribution is -2.29. The molecule has 162 valence electrons. The third-order valence-electron chi connectivity index (χ3n) is 5.42. The summed E-state index contributed by atoms with van der Waals surface area (Å²) >= 11 is 0. The molecule has 30 heavy (non-hydrogen) atoms. The standard InChI is InChI=1S/C26H34O4/c1-20(2)19-25(21-9-5-3-6-10-21)29-23(15-17-27)13-14-24-16-18-28-26(30-24)22-11-7-4-8-12-22/h3-12,23-27H,1,13-19H2,2H3/t23-,24+,25+,26-/m1/s1. The lowest BCUT2D eigenvalue weighted by Gasteiger charge is -2.32. The largest absolute Gasteiger partial charge is 0.396 e. The van der Waals surface area contributed by atoms with Crippen LogP contribution in [0.25, 0.3) is 0 Å². The summed E-state index contributed by atoms with van der Waals surface area (Å²) < 4.78 is 18.5. The van der Waals surface area contributed by atoms with E-state index >= 15 is 0 Å². The molecule has 4 nitrogen and oxygen atoms in total. The van der Waals surface area contributed by atoms with Gasteiger partial charge in [-0.2, -0.15) is 0 Å². The first-order valence-electron chi connectivity index (χ1n) is 10.9. The van der Waals surface area contributed by atoms with E-state index < -0.39 is 0 Å². The highest BCUT2D eigenvalue weighted by molar-refractivity contribution is 5.19. The molecule has 1 aliphatic heterocycles. The van der Waals surface area contributed by atoms with Gasteiger partial charge in [0.15, 0.2) is 6.29 Å². The normalized spacial score (nSPS) is 21.1. The van der Waals surface area contributed by atoms with Crippen LogP contribution in [0.1, 0.15) is 62.5 Å². The minimum atomic E-state index is -0.303. The number of hydrogen-bond acceptors (Lipinski definition) is 4. The van der Waals surface area contributed by atoms with Crippen molar-refractivity contribution >= 4 is 0 Å². The summed E-state index contributed by atoms with van der Waals surface area (Å²) in [5.74, 6) is 0. The molecule has 0 saturated carbocycles. The van der Waals surface area contributed by atoms with Gasteiger partial charge in [-0.1, -0.05) is 66.2 Å². The average molecular weight is 411 g/mol. The van der Waals surface area contributed by atoms with Crippen molar-refractivity contribution in [3.63, 3.8) is 0 Å². The maximum Gasteiger partial charge on any atom is 0.184 e. The number of benzene rings is 2. The molecule has 3 rings (SSSR count). The lowest BCUT2D eigenvalue weighted by molar-refractivity contribution is -0.220. The van der Waals surface area contributed by atoms with E-state index in [2.05, 4.69) is 18.7 Å². The molecule has 0 unspecified atom stereocenters. The Balaban J connectivity index is 1.58. The number of aliphatic hydroxyl groups is 1. The van der Waals surface area contributed by atoms with Gasteiger partial charge in [-0.3, -0.25) is 0 Å². The van der Waals surface area contributed by atoms with E-state index in [1.807, 2.05) is 55.5 Å². The van der Waals surface area contributed by atoms with Crippen LogP contribution in [-0.4, -0.2) is 30.5 Å². The van der Waals surface area contributed by atoms with E-state index in [1.54, 1.807) is 0 Å². The monoisotopic (exact) mass is 410 g/mol. The molecule has 0 bridgehead atoms. The van der Waals surface area contributed by atoms with Gasteiger partial charge in [0.05, 0.1) is 24.9 Å². The summed E-state index contributed by atoms with van der Waals surface area (Å²) in [5, 5.41) is 9.58. The topological polar surface area (TPSA) is 47.9 Å². The SMILES string of the molecule is C=C(C)C[C@H](O[C@@H](CCO)CC[C@H]1CCO[C@@H](c2ccccc2)O1)c1ccccc1. The third-order valence-corrected chi connectivity index (χ3v) is 5.42. The zero-order chi connectivity index (χ0) is 21.2. The quantitative estimate of drug-likeness (QED) is 0.480. The number of rotatable bonds is 11. The maximum atomic E-state index is 9.58. The van der Waals surface area contributed by atoms with E-state index in [0.717, 1.165) is 42.4 Å². The first kappa shape index (κ1) is 22.7. The molecule has 0 spiro atoms.